The van der Waals surface area contributed by atoms with Gasteiger partial charge < -0.3 is 10.1 Å². The molecule has 1 fully saturated rings. The van der Waals surface area contributed by atoms with Crippen LogP contribution in [0.5, 0.6) is 5.75 Å². The Bertz CT molecular complexity index is 401. The molecule has 0 radical (unpaired) electrons. The number of ether oxygens (including phenoxy) is 1. The van der Waals surface area contributed by atoms with Crippen LogP contribution in [0.1, 0.15) is 36.0 Å². The largest absolute Gasteiger partial charge is 0.495 e. The highest BCUT2D eigenvalue weighted by molar-refractivity contribution is 5.96. The fourth-order valence-electron chi connectivity index (χ4n) is 2.33. The third kappa shape index (κ3) is 3.53. The van der Waals surface area contributed by atoms with Crippen LogP contribution in [0.3, 0.4) is 0 Å². The number of Topliss-reactive ketones (excluding diaryl/α,β-unsaturated/α-hetero) is 1. The molecule has 0 bridgehead atoms. The van der Waals surface area contributed by atoms with E-state index in [0.717, 1.165) is 19.5 Å². The van der Waals surface area contributed by atoms with Crippen molar-refractivity contribution in [2.24, 2.45) is 5.92 Å². The van der Waals surface area contributed by atoms with E-state index in [2.05, 4.69) is 10.3 Å². The highest BCUT2D eigenvalue weighted by Crippen LogP contribution is 2.20. The number of hydrogen-bond acceptors (Lipinski definition) is 4. The Hall–Kier alpha value is -1.42. The molecule has 1 aromatic rings. The fraction of sp³-hybridized carbons (Fsp3) is 0.571. The van der Waals surface area contributed by atoms with E-state index in [0.29, 0.717) is 23.7 Å². The minimum absolute atomic E-state index is 0.167. The molecule has 2 heterocycles. The Labute approximate surface area is 108 Å². The van der Waals surface area contributed by atoms with Gasteiger partial charge >= 0.3 is 0 Å². The summed E-state index contributed by atoms with van der Waals surface area (Å²) in [6.07, 6.45) is 7.20. The summed E-state index contributed by atoms with van der Waals surface area (Å²) in [7, 11) is 1.58. The van der Waals surface area contributed by atoms with Gasteiger partial charge in [-0.05, 0) is 44.3 Å². The lowest BCUT2D eigenvalue weighted by atomic mass is 9.91. The summed E-state index contributed by atoms with van der Waals surface area (Å²) in [6, 6.07) is 1.76. The average molecular weight is 248 g/mol. The second kappa shape index (κ2) is 6.50. The molecule has 0 saturated carbocycles. The summed E-state index contributed by atoms with van der Waals surface area (Å²) in [5, 5.41) is 3.34. The molecule has 18 heavy (non-hydrogen) atoms. The number of carbonyl (C=O) groups is 1. The zero-order chi connectivity index (χ0) is 12.8. The molecule has 0 aliphatic carbocycles. The highest BCUT2D eigenvalue weighted by Gasteiger charge is 2.15. The number of carbonyl (C=O) groups excluding carboxylic acids is 1. The van der Waals surface area contributed by atoms with E-state index in [9.17, 15) is 4.79 Å². The molecule has 0 unspecified atom stereocenters. The first-order chi connectivity index (χ1) is 8.79. The molecule has 0 spiro atoms. The molecule has 2 rings (SSSR count). The van der Waals surface area contributed by atoms with E-state index in [-0.39, 0.29) is 5.78 Å². The lowest BCUT2D eigenvalue weighted by Gasteiger charge is -2.22. The summed E-state index contributed by atoms with van der Waals surface area (Å²) >= 11 is 0. The highest BCUT2D eigenvalue weighted by atomic mass is 16.5. The fourth-order valence-corrected chi connectivity index (χ4v) is 2.33. The number of rotatable bonds is 5. The van der Waals surface area contributed by atoms with Crippen molar-refractivity contribution in [2.45, 2.75) is 25.7 Å². The van der Waals surface area contributed by atoms with Crippen LogP contribution in [-0.2, 0) is 0 Å². The van der Waals surface area contributed by atoms with Crippen LogP contribution in [0.15, 0.2) is 18.5 Å². The summed E-state index contributed by atoms with van der Waals surface area (Å²) in [6.45, 7) is 2.17. The first-order valence-electron chi connectivity index (χ1n) is 6.52. The van der Waals surface area contributed by atoms with Crippen molar-refractivity contribution in [2.75, 3.05) is 20.2 Å². The number of nitrogens with one attached hydrogen (secondary N) is 1. The van der Waals surface area contributed by atoms with Crippen LogP contribution in [0.4, 0.5) is 0 Å². The molecule has 1 N–H and O–H groups in total. The van der Waals surface area contributed by atoms with Gasteiger partial charge in [-0.2, -0.15) is 0 Å². The summed E-state index contributed by atoms with van der Waals surface area (Å²) in [5.41, 5.74) is 0.656. The molecule has 98 valence electrons. The number of piperidine rings is 1. The Balaban J connectivity index is 1.86. The minimum Gasteiger partial charge on any atom is -0.495 e. The van der Waals surface area contributed by atoms with Crippen LogP contribution < -0.4 is 10.1 Å². The third-order valence-corrected chi connectivity index (χ3v) is 3.51. The molecule has 1 aromatic heterocycles. The normalized spacial score (nSPS) is 16.5. The molecule has 0 amide bonds. The van der Waals surface area contributed by atoms with Crippen molar-refractivity contribution in [3.8, 4) is 5.75 Å². The van der Waals surface area contributed by atoms with Gasteiger partial charge in [0, 0.05) is 18.2 Å². The standard InChI is InChI=1S/C14H20N2O2/c1-18-13-8-12(9-16-10-13)14(17)3-2-11-4-6-15-7-5-11/h8-11,15H,2-7H2,1H3. The van der Waals surface area contributed by atoms with E-state index in [1.54, 1.807) is 25.6 Å². The smallest absolute Gasteiger partial charge is 0.164 e. The Kier molecular flexibility index (Phi) is 4.70. The predicted octanol–water partition coefficient (Wildman–Crippen LogP) is 2.05. The minimum atomic E-state index is 0.167. The third-order valence-electron chi connectivity index (χ3n) is 3.51. The van der Waals surface area contributed by atoms with Gasteiger partial charge in [-0.25, -0.2) is 0 Å². The molecule has 1 saturated heterocycles. The van der Waals surface area contributed by atoms with Gasteiger partial charge in [0.1, 0.15) is 5.75 Å². The zero-order valence-corrected chi connectivity index (χ0v) is 10.8. The Morgan fingerprint density at radius 3 is 2.94 bits per heavy atom. The van der Waals surface area contributed by atoms with E-state index < -0.39 is 0 Å². The van der Waals surface area contributed by atoms with Gasteiger partial charge in [0.2, 0.25) is 0 Å². The second-order valence-corrected chi connectivity index (χ2v) is 4.77. The van der Waals surface area contributed by atoms with E-state index >= 15 is 0 Å². The van der Waals surface area contributed by atoms with Crippen LogP contribution >= 0.6 is 0 Å². The second-order valence-electron chi connectivity index (χ2n) is 4.77. The van der Waals surface area contributed by atoms with Crippen molar-refractivity contribution >= 4 is 5.78 Å². The van der Waals surface area contributed by atoms with Crippen LogP contribution in [0, 0.1) is 5.92 Å². The van der Waals surface area contributed by atoms with Crippen LogP contribution in [0.25, 0.3) is 0 Å². The van der Waals surface area contributed by atoms with Crippen molar-refractivity contribution in [3.63, 3.8) is 0 Å². The van der Waals surface area contributed by atoms with Crippen molar-refractivity contribution in [3.05, 3.63) is 24.0 Å². The Morgan fingerprint density at radius 1 is 1.44 bits per heavy atom. The van der Waals surface area contributed by atoms with Gasteiger partial charge in [0.15, 0.2) is 5.78 Å². The van der Waals surface area contributed by atoms with Crippen molar-refractivity contribution in [1.29, 1.82) is 0 Å². The average Bonchev–Trinajstić information content (AvgIpc) is 2.46. The number of methoxy groups -OCH3 is 1. The predicted molar refractivity (Wildman–Crippen MR) is 69.9 cm³/mol. The molecule has 1 aliphatic rings. The summed E-state index contributed by atoms with van der Waals surface area (Å²) < 4.78 is 5.08. The first kappa shape index (κ1) is 13.0. The van der Waals surface area contributed by atoms with Gasteiger partial charge in [-0.15, -0.1) is 0 Å². The van der Waals surface area contributed by atoms with Gasteiger partial charge in [0.25, 0.3) is 0 Å². The van der Waals surface area contributed by atoms with Gasteiger partial charge in [0.05, 0.1) is 13.3 Å². The molecule has 4 nitrogen and oxygen atoms in total. The number of hydrogen-bond donors (Lipinski definition) is 1. The van der Waals surface area contributed by atoms with Crippen molar-refractivity contribution < 1.29 is 9.53 Å². The van der Waals surface area contributed by atoms with Gasteiger partial charge in [-0.1, -0.05) is 0 Å². The maximum atomic E-state index is 12.0. The lowest BCUT2D eigenvalue weighted by molar-refractivity contribution is 0.0970. The maximum absolute atomic E-state index is 12.0. The maximum Gasteiger partial charge on any atom is 0.164 e. The van der Waals surface area contributed by atoms with Crippen LogP contribution in [-0.4, -0.2) is 31.0 Å². The molecule has 0 atom stereocenters. The van der Waals surface area contributed by atoms with E-state index in [4.69, 9.17) is 4.74 Å². The first-order valence-corrected chi connectivity index (χ1v) is 6.52. The molecule has 1 aliphatic heterocycles. The molecule has 0 aromatic carbocycles. The number of nitrogens with zero attached hydrogens (tertiary/aromatic N) is 1. The van der Waals surface area contributed by atoms with Crippen LogP contribution in [0.2, 0.25) is 0 Å². The van der Waals surface area contributed by atoms with Gasteiger partial charge in [-0.3, -0.25) is 9.78 Å². The summed E-state index contributed by atoms with van der Waals surface area (Å²) in [5.74, 6) is 1.50. The molecular weight excluding hydrogens is 228 g/mol. The lowest BCUT2D eigenvalue weighted by Crippen LogP contribution is -2.28. The number of aromatic nitrogens is 1. The molecular formula is C14H20N2O2. The Morgan fingerprint density at radius 2 is 2.22 bits per heavy atom. The SMILES string of the molecule is COc1cncc(C(=O)CCC2CCNCC2)c1. The van der Waals surface area contributed by atoms with E-state index in [1.165, 1.54) is 12.8 Å². The number of ketones is 1. The van der Waals surface area contributed by atoms with E-state index in [1.807, 2.05) is 0 Å². The summed E-state index contributed by atoms with van der Waals surface area (Å²) in [4.78, 5) is 16.1. The molecule has 4 heteroatoms. The number of pyridine rings is 1. The monoisotopic (exact) mass is 248 g/mol. The van der Waals surface area contributed by atoms with Crippen molar-refractivity contribution in [1.82, 2.24) is 10.3 Å². The zero-order valence-electron chi connectivity index (χ0n) is 10.8. The topological polar surface area (TPSA) is 51.2 Å². The quantitative estimate of drug-likeness (QED) is 0.810.